The van der Waals surface area contributed by atoms with Crippen molar-refractivity contribution in [2.75, 3.05) is 10.0 Å². The molecule has 5 nitrogen and oxygen atoms in total. The minimum absolute atomic E-state index is 0.0403. The first-order valence-electron chi connectivity index (χ1n) is 6.92. The van der Waals surface area contributed by atoms with E-state index in [2.05, 4.69) is 28.9 Å². The van der Waals surface area contributed by atoms with Crippen molar-refractivity contribution in [2.24, 2.45) is 0 Å². The smallest absolute Gasteiger partial charge is 0.263 e. The molecule has 0 spiro atoms. The molecule has 0 bridgehead atoms. The zero-order chi connectivity index (χ0) is 16.2. The summed E-state index contributed by atoms with van der Waals surface area (Å²) < 4.78 is 27.1. The lowest BCUT2D eigenvalue weighted by molar-refractivity contribution is 0.601. The van der Waals surface area contributed by atoms with Crippen LogP contribution in [0.25, 0.3) is 0 Å². The number of halogens is 1. The Kier molecular flexibility index (Phi) is 5.26. The van der Waals surface area contributed by atoms with Crippen molar-refractivity contribution < 1.29 is 8.42 Å². The standard InChI is InChI=1S/C15H18ClN3O2S/c1-3-11(2)18-15-9-8-12(10-17-15)19-22(20,21)14-7-5-4-6-13(14)16/h4-11,19H,3H2,1-2H3,(H,17,18). The van der Waals surface area contributed by atoms with Crippen molar-refractivity contribution in [1.82, 2.24) is 4.98 Å². The predicted octanol–water partition coefficient (Wildman–Crippen LogP) is 3.75. The fourth-order valence-electron chi connectivity index (χ4n) is 1.77. The number of hydrogen-bond donors (Lipinski definition) is 2. The van der Waals surface area contributed by atoms with Crippen LogP contribution in [0.5, 0.6) is 0 Å². The van der Waals surface area contributed by atoms with Crippen LogP contribution >= 0.6 is 11.6 Å². The molecule has 0 saturated heterocycles. The number of pyridine rings is 1. The summed E-state index contributed by atoms with van der Waals surface area (Å²) in [4.78, 5) is 4.24. The molecule has 0 fully saturated rings. The van der Waals surface area contributed by atoms with Gasteiger partial charge in [-0.2, -0.15) is 0 Å². The molecule has 118 valence electrons. The Labute approximate surface area is 135 Å². The molecule has 2 rings (SSSR count). The summed E-state index contributed by atoms with van der Waals surface area (Å²) in [7, 11) is -3.73. The third-order valence-corrected chi connectivity index (χ3v) is 5.03. The summed E-state index contributed by atoms with van der Waals surface area (Å²) in [5, 5.41) is 3.39. The van der Waals surface area contributed by atoms with Crippen molar-refractivity contribution in [2.45, 2.75) is 31.2 Å². The second-order valence-corrected chi connectivity index (χ2v) is 6.98. The molecule has 1 aromatic carbocycles. The lowest BCUT2D eigenvalue weighted by Gasteiger charge is -2.13. The molecule has 2 N–H and O–H groups in total. The molecule has 0 aliphatic heterocycles. The van der Waals surface area contributed by atoms with Crippen LogP contribution in [0.4, 0.5) is 11.5 Å². The number of sulfonamides is 1. The molecule has 0 saturated carbocycles. The van der Waals surface area contributed by atoms with Crippen LogP contribution in [-0.4, -0.2) is 19.4 Å². The molecule has 2 aromatic rings. The molecule has 0 amide bonds. The Bertz CT molecular complexity index is 733. The first kappa shape index (κ1) is 16.6. The molecule has 7 heteroatoms. The van der Waals surface area contributed by atoms with Crippen molar-refractivity contribution >= 4 is 33.1 Å². The Morgan fingerprint density at radius 2 is 1.95 bits per heavy atom. The van der Waals surface area contributed by atoms with E-state index in [0.29, 0.717) is 17.5 Å². The predicted molar refractivity (Wildman–Crippen MR) is 89.9 cm³/mol. The molecular formula is C15H18ClN3O2S. The Morgan fingerprint density at radius 1 is 1.23 bits per heavy atom. The van der Waals surface area contributed by atoms with Gasteiger partial charge in [-0.15, -0.1) is 0 Å². The van der Waals surface area contributed by atoms with Gasteiger partial charge in [0.2, 0.25) is 0 Å². The van der Waals surface area contributed by atoms with Crippen LogP contribution in [0.15, 0.2) is 47.5 Å². The molecule has 0 aliphatic carbocycles. The van der Waals surface area contributed by atoms with Crippen molar-refractivity contribution in [3.05, 3.63) is 47.6 Å². The van der Waals surface area contributed by atoms with Crippen LogP contribution in [0.1, 0.15) is 20.3 Å². The first-order chi connectivity index (χ1) is 10.4. The van der Waals surface area contributed by atoms with Gasteiger partial charge in [0.15, 0.2) is 0 Å². The van der Waals surface area contributed by atoms with E-state index < -0.39 is 10.0 Å². The van der Waals surface area contributed by atoms with E-state index in [1.165, 1.54) is 18.3 Å². The van der Waals surface area contributed by atoms with Gasteiger partial charge in [-0.25, -0.2) is 13.4 Å². The molecule has 1 atom stereocenters. The maximum atomic E-state index is 12.3. The zero-order valence-corrected chi connectivity index (χ0v) is 13.9. The lowest BCUT2D eigenvalue weighted by Crippen LogP contribution is -2.15. The van der Waals surface area contributed by atoms with E-state index in [-0.39, 0.29) is 9.92 Å². The summed E-state index contributed by atoms with van der Waals surface area (Å²) >= 11 is 5.93. The summed E-state index contributed by atoms with van der Waals surface area (Å²) in [6.07, 6.45) is 2.45. The van der Waals surface area contributed by atoms with Crippen LogP contribution in [-0.2, 0) is 10.0 Å². The zero-order valence-electron chi connectivity index (χ0n) is 12.4. The summed E-state index contributed by atoms with van der Waals surface area (Å²) in [6, 6.07) is 9.99. The van der Waals surface area contributed by atoms with Crippen LogP contribution < -0.4 is 10.0 Å². The number of benzene rings is 1. The third-order valence-electron chi connectivity index (χ3n) is 3.15. The third kappa shape index (κ3) is 4.11. The Balaban J connectivity index is 2.15. The normalized spacial score (nSPS) is 12.7. The highest BCUT2D eigenvalue weighted by Crippen LogP contribution is 2.23. The molecule has 1 aromatic heterocycles. The van der Waals surface area contributed by atoms with Gasteiger partial charge in [0.05, 0.1) is 16.9 Å². The van der Waals surface area contributed by atoms with Gasteiger partial charge in [0.25, 0.3) is 10.0 Å². The summed E-state index contributed by atoms with van der Waals surface area (Å²) in [6.45, 7) is 4.12. The van der Waals surface area contributed by atoms with E-state index >= 15 is 0 Å². The number of nitrogens with one attached hydrogen (secondary N) is 2. The van der Waals surface area contributed by atoms with E-state index in [4.69, 9.17) is 11.6 Å². The number of hydrogen-bond acceptors (Lipinski definition) is 4. The maximum Gasteiger partial charge on any atom is 0.263 e. The summed E-state index contributed by atoms with van der Waals surface area (Å²) in [5.41, 5.74) is 0.384. The monoisotopic (exact) mass is 339 g/mol. The molecule has 22 heavy (non-hydrogen) atoms. The maximum absolute atomic E-state index is 12.3. The highest BCUT2D eigenvalue weighted by molar-refractivity contribution is 7.92. The van der Waals surface area contributed by atoms with E-state index in [1.807, 2.05) is 0 Å². The van der Waals surface area contributed by atoms with Crippen LogP contribution in [0.2, 0.25) is 5.02 Å². The quantitative estimate of drug-likeness (QED) is 0.840. The van der Waals surface area contributed by atoms with Gasteiger partial charge in [0.1, 0.15) is 10.7 Å². The van der Waals surface area contributed by atoms with Gasteiger partial charge < -0.3 is 5.32 Å². The summed E-state index contributed by atoms with van der Waals surface area (Å²) in [5.74, 6) is 0.704. The Morgan fingerprint density at radius 3 is 2.55 bits per heavy atom. The Hall–Kier alpha value is -1.79. The van der Waals surface area contributed by atoms with Gasteiger partial charge in [-0.1, -0.05) is 30.7 Å². The SMILES string of the molecule is CCC(C)Nc1ccc(NS(=O)(=O)c2ccccc2Cl)cn1. The number of rotatable bonds is 6. The van der Waals surface area contributed by atoms with E-state index in [0.717, 1.165) is 6.42 Å². The average molecular weight is 340 g/mol. The van der Waals surface area contributed by atoms with Crippen molar-refractivity contribution in [1.29, 1.82) is 0 Å². The molecular weight excluding hydrogens is 322 g/mol. The average Bonchev–Trinajstić information content (AvgIpc) is 2.49. The highest BCUT2D eigenvalue weighted by Gasteiger charge is 2.17. The largest absolute Gasteiger partial charge is 0.368 e. The van der Waals surface area contributed by atoms with Gasteiger partial charge in [-0.05, 0) is 37.6 Å². The van der Waals surface area contributed by atoms with Crippen molar-refractivity contribution in [3.63, 3.8) is 0 Å². The van der Waals surface area contributed by atoms with Crippen LogP contribution in [0, 0.1) is 0 Å². The molecule has 0 aliphatic rings. The second kappa shape index (κ2) is 6.98. The van der Waals surface area contributed by atoms with Gasteiger partial charge >= 0.3 is 0 Å². The molecule has 1 unspecified atom stereocenters. The molecule has 0 radical (unpaired) electrons. The number of anilines is 2. The van der Waals surface area contributed by atoms with E-state index in [9.17, 15) is 8.42 Å². The fraction of sp³-hybridized carbons (Fsp3) is 0.267. The van der Waals surface area contributed by atoms with Gasteiger partial charge in [0, 0.05) is 6.04 Å². The number of nitrogens with zero attached hydrogens (tertiary/aromatic N) is 1. The second-order valence-electron chi connectivity index (χ2n) is 4.92. The number of aromatic nitrogens is 1. The molecule has 1 heterocycles. The topological polar surface area (TPSA) is 71.1 Å². The highest BCUT2D eigenvalue weighted by atomic mass is 35.5. The lowest BCUT2D eigenvalue weighted by atomic mass is 10.2. The van der Waals surface area contributed by atoms with Crippen LogP contribution in [0.3, 0.4) is 0 Å². The first-order valence-corrected chi connectivity index (χ1v) is 8.78. The minimum atomic E-state index is -3.73. The van der Waals surface area contributed by atoms with E-state index in [1.54, 1.807) is 24.3 Å². The minimum Gasteiger partial charge on any atom is -0.368 e. The van der Waals surface area contributed by atoms with Crippen molar-refractivity contribution in [3.8, 4) is 0 Å². The fourth-order valence-corrected chi connectivity index (χ4v) is 3.33. The van der Waals surface area contributed by atoms with Gasteiger partial charge in [-0.3, -0.25) is 4.72 Å².